The zero-order valence-corrected chi connectivity index (χ0v) is 16.4. The Balaban J connectivity index is 1.96. The molecule has 1 aromatic carbocycles. The Labute approximate surface area is 164 Å². The molecule has 1 unspecified atom stereocenters. The number of rotatable bonds is 10. The highest BCUT2D eigenvalue weighted by Gasteiger charge is 2.22. The molecule has 2 N–H and O–H groups in total. The largest absolute Gasteiger partial charge is 0.496 e. The van der Waals surface area contributed by atoms with Crippen LogP contribution in [0.3, 0.4) is 0 Å². The lowest BCUT2D eigenvalue weighted by Crippen LogP contribution is -2.47. The molecule has 0 spiro atoms. The van der Waals surface area contributed by atoms with Crippen LogP contribution in [0.25, 0.3) is 0 Å². The van der Waals surface area contributed by atoms with Crippen LogP contribution in [0.5, 0.6) is 5.75 Å². The number of aromatic nitrogens is 1. The van der Waals surface area contributed by atoms with Gasteiger partial charge in [0.25, 0.3) is 5.91 Å². The van der Waals surface area contributed by atoms with E-state index in [1.54, 1.807) is 48.4 Å². The van der Waals surface area contributed by atoms with E-state index in [-0.39, 0.29) is 11.8 Å². The van der Waals surface area contributed by atoms with Gasteiger partial charge in [0.2, 0.25) is 5.91 Å². The fraction of sp³-hybridized carbons (Fsp3) is 0.350. The second-order valence-corrected chi connectivity index (χ2v) is 6.90. The van der Waals surface area contributed by atoms with Crippen molar-refractivity contribution in [2.45, 2.75) is 18.9 Å². The van der Waals surface area contributed by atoms with Gasteiger partial charge in [-0.05, 0) is 48.6 Å². The molecular weight excluding hydrogens is 362 g/mol. The zero-order chi connectivity index (χ0) is 19.5. The van der Waals surface area contributed by atoms with E-state index in [4.69, 9.17) is 4.74 Å². The monoisotopic (exact) mass is 387 g/mol. The molecule has 0 aliphatic rings. The lowest BCUT2D eigenvalue weighted by Gasteiger charge is -2.19. The van der Waals surface area contributed by atoms with Gasteiger partial charge >= 0.3 is 0 Å². The number of para-hydroxylation sites is 1. The van der Waals surface area contributed by atoms with Crippen LogP contribution in [0.15, 0.2) is 48.8 Å². The van der Waals surface area contributed by atoms with Gasteiger partial charge in [-0.1, -0.05) is 18.2 Å². The van der Waals surface area contributed by atoms with Gasteiger partial charge in [0.05, 0.1) is 12.7 Å². The van der Waals surface area contributed by atoms with Gasteiger partial charge in [0.1, 0.15) is 11.8 Å². The topological polar surface area (TPSA) is 80.3 Å². The van der Waals surface area contributed by atoms with E-state index in [2.05, 4.69) is 15.6 Å². The van der Waals surface area contributed by atoms with Crippen molar-refractivity contribution in [1.82, 2.24) is 15.6 Å². The van der Waals surface area contributed by atoms with E-state index in [0.29, 0.717) is 30.7 Å². The maximum absolute atomic E-state index is 12.6. The molecule has 0 saturated heterocycles. The average molecular weight is 388 g/mol. The Morgan fingerprint density at radius 2 is 2.04 bits per heavy atom. The van der Waals surface area contributed by atoms with Gasteiger partial charge in [0, 0.05) is 18.9 Å². The Morgan fingerprint density at radius 1 is 1.22 bits per heavy atom. The number of carbonyl (C=O) groups is 2. The molecule has 2 aromatic rings. The number of thioether (sulfide) groups is 1. The van der Waals surface area contributed by atoms with Gasteiger partial charge in [0.15, 0.2) is 0 Å². The van der Waals surface area contributed by atoms with Crippen molar-refractivity contribution < 1.29 is 14.3 Å². The zero-order valence-electron chi connectivity index (χ0n) is 15.6. The van der Waals surface area contributed by atoms with Gasteiger partial charge < -0.3 is 15.4 Å². The summed E-state index contributed by atoms with van der Waals surface area (Å²) in [5, 5.41) is 5.74. The second kappa shape index (κ2) is 11.2. The van der Waals surface area contributed by atoms with E-state index in [1.807, 2.05) is 18.4 Å². The Bertz CT molecular complexity index is 740. The van der Waals surface area contributed by atoms with Gasteiger partial charge in [-0.2, -0.15) is 11.8 Å². The van der Waals surface area contributed by atoms with Crippen LogP contribution in [0.1, 0.15) is 22.3 Å². The summed E-state index contributed by atoms with van der Waals surface area (Å²) < 4.78 is 5.23. The number of carbonyl (C=O) groups excluding carboxylic acids is 2. The number of methoxy groups -OCH3 is 1. The predicted molar refractivity (Wildman–Crippen MR) is 108 cm³/mol. The maximum Gasteiger partial charge on any atom is 0.255 e. The third kappa shape index (κ3) is 6.60. The molecule has 1 atom stereocenters. The fourth-order valence-electron chi connectivity index (χ4n) is 2.57. The summed E-state index contributed by atoms with van der Waals surface area (Å²) in [4.78, 5) is 29.3. The lowest BCUT2D eigenvalue weighted by atomic mass is 10.1. The van der Waals surface area contributed by atoms with Crippen molar-refractivity contribution in [1.29, 1.82) is 0 Å². The van der Waals surface area contributed by atoms with Crippen molar-refractivity contribution in [3.8, 4) is 5.75 Å². The van der Waals surface area contributed by atoms with Gasteiger partial charge in [-0.25, -0.2) is 0 Å². The summed E-state index contributed by atoms with van der Waals surface area (Å²) in [5.74, 6) is 0.750. The molecule has 144 valence electrons. The van der Waals surface area contributed by atoms with Crippen LogP contribution >= 0.6 is 11.8 Å². The first-order valence-electron chi connectivity index (χ1n) is 8.75. The minimum atomic E-state index is -0.594. The molecule has 7 heteroatoms. The highest BCUT2D eigenvalue weighted by atomic mass is 32.2. The minimum Gasteiger partial charge on any atom is -0.496 e. The Morgan fingerprint density at radius 3 is 2.74 bits per heavy atom. The van der Waals surface area contributed by atoms with E-state index < -0.39 is 6.04 Å². The van der Waals surface area contributed by atoms with Gasteiger partial charge in [-0.3, -0.25) is 14.6 Å². The molecule has 1 heterocycles. The first-order chi connectivity index (χ1) is 13.2. The van der Waals surface area contributed by atoms with E-state index in [1.165, 1.54) is 7.11 Å². The molecule has 0 saturated carbocycles. The van der Waals surface area contributed by atoms with Crippen molar-refractivity contribution in [3.05, 3.63) is 59.9 Å². The maximum atomic E-state index is 12.6. The van der Waals surface area contributed by atoms with Crippen molar-refractivity contribution in [2.24, 2.45) is 0 Å². The predicted octanol–water partition coefficient (Wildman–Crippen LogP) is 2.30. The van der Waals surface area contributed by atoms with Crippen LogP contribution in [0.4, 0.5) is 0 Å². The number of nitrogens with zero attached hydrogens (tertiary/aromatic N) is 1. The van der Waals surface area contributed by atoms with Gasteiger partial charge in [-0.15, -0.1) is 0 Å². The quantitative estimate of drug-likeness (QED) is 0.654. The smallest absolute Gasteiger partial charge is 0.255 e. The molecule has 1 aromatic heterocycles. The number of ether oxygens (including phenoxy) is 1. The summed E-state index contributed by atoms with van der Waals surface area (Å²) in [7, 11) is 1.52. The van der Waals surface area contributed by atoms with E-state index in [0.717, 1.165) is 11.3 Å². The third-order valence-electron chi connectivity index (χ3n) is 4.02. The SMILES string of the molecule is COc1ccccc1C(=O)NC(CCSC)C(=O)NCCc1cccnc1. The van der Waals surface area contributed by atoms with E-state index in [9.17, 15) is 9.59 Å². The standard InChI is InChI=1S/C20H25N3O3S/c1-26-18-8-4-3-7-16(18)19(24)23-17(10-13-27-2)20(25)22-12-9-15-6-5-11-21-14-15/h3-8,11,14,17H,9-10,12-13H2,1-2H3,(H,22,25)(H,23,24). The first kappa shape index (κ1) is 20.8. The van der Waals surface area contributed by atoms with Crippen LogP contribution in [-0.4, -0.2) is 48.5 Å². The number of amides is 2. The molecule has 0 aliphatic carbocycles. The van der Waals surface area contributed by atoms with Crippen molar-refractivity contribution in [2.75, 3.05) is 25.7 Å². The number of hydrogen-bond acceptors (Lipinski definition) is 5. The molecule has 0 aliphatic heterocycles. The van der Waals surface area contributed by atoms with Crippen LogP contribution in [0, 0.1) is 0 Å². The third-order valence-corrected chi connectivity index (χ3v) is 4.66. The number of nitrogens with one attached hydrogen (secondary N) is 2. The number of benzene rings is 1. The fourth-order valence-corrected chi connectivity index (χ4v) is 3.04. The number of hydrogen-bond donors (Lipinski definition) is 2. The first-order valence-corrected chi connectivity index (χ1v) is 10.1. The summed E-state index contributed by atoms with van der Waals surface area (Å²) in [6.45, 7) is 0.491. The van der Waals surface area contributed by atoms with Crippen molar-refractivity contribution >= 4 is 23.6 Å². The van der Waals surface area contributed by atoms with E-state index >= 15 is 0 Å². The summed E-state index contributed by atoms with van der Waals surface area (Å²) in [6, 6.07) is 10.2. The molecule has 2 amide bonds. The Kier molecular flexibility index (Phi) is 8.64. The van der Waals surface area contributed by atoms with Crippen LogP contribution in [-0.2, 0) is 11.2 Å². The highest BCUT2D eigenvalue weighted by molar-refractivity contribution is 7.98. The molecule has 0 radical (unpaired) electrons. The summed E-state index contributed by atoms with van der Waals surface area (Å²) >= 11 is 1.63. The molecule has 2 rings (SSSR count). The molecule has 0 bridgehead atoms. The highest BCUT2D eigenvalue weighted by Crippen LogP contribution is 2.17. The molecule has 6 nitrogen and oxygen atoms in total. The second-order valence-electron chi connectivity index (χ2n) is 5.91. The molecular formula is C20H25N3O3S. The van der Waals surface area contributed by atoms with Crippen LogP contribution in [0.2, 0.25) is 0 Å². The lowest BCUT2D eigenvalue weighted by molar-refractivity contribution is -0.122. The van der Waals surface area contributed by atoms with Crippen molar-refractivity contribution in [3.63, 3.8) is 0 Å². The minimum absolute atomic E-state index is 0.184. The average Bonchev–Trinajstić information content (AvgIpc) is 2.71. The summed E-state index contributed by atoms with van der Waals surface area (Å²) in [6.07, 6.45) is 6.71. The normalized spacial score (nSPS) is 11.5. The summed E-state index contributed by atoms with van der Waals surface area (Å²) in [5.41, 5.74) is 1.47. The molecule has 27 heavy (non-hydrogen) atoms. The van der Waals surface area contributed by atoms with Crippen LogP contribution < -0.4 is 15.4 Å². The number of pyridine rings is 1. The Hall–Kier alpha value is -2.54. The molecule has 0 fully saturated rings.